The number of hydrogen-bond acceptors (Lipinski definition) is 8. The minimum atomic E-state index is -0.499. The van der Waals surface area contributed by atoms with Crippen LogP contribution in [0.1, 0.15) is 40.2 Å². The van der Waals surface area contributed by atoms with Crippen molar-refractivity contribution in [2.75, 3.05) is 5.32 Å². The molecule has 0 fully saturated rings. The van der Waals surface area contributed by atoms with Gasteiger partial charge in [-0.15, -0.1) is 21.5 Å². The molecule has 2 aromatic heterocycles. The number of amides is 1. The maximum absolute atomic E-state index is 12.7. The molecule has 1 amide bonds. The van der Waals surface area contributed by atoms with Crippen LogP contribution in [0.15, 0.2) is 34.6 Å². The van der Waals surface area contributed by atoms with Crippen LogP contribution in [0.25, 0.3) is 0 Å². The van der Waals surface area contributed by atoms with Crippen molar-refractivity contribution in [2.24, 2.45) is 7.05 Å². The average Bonchev–Trinajstić information content (AvgIpc) is 3.20. The van der Waals surface area contributed by atoms with Crippen molar-refractivity contribution < 1.29 is 9.72 Å². The minimum Gasteiger partial charge on any atom is -0.311 e. The van der Waals surface area contributed by atoms with Crippen LogP contribution in [0.5, 0.6) is 0 Å². The van der Waals surface area contributed by atoms with Crippen molar-refractivity contribution in [1.29, 1.82) is 0 Å². The molecule has 4 rings (SSSR count). The minimum absolute atomic E-state index is 0.152. The van der Waals surface area contributed by atoms with Gasteiger partial charge in [0.05, 0.1) is 15.5 Å². The molecule has 9 nitrogen and oxygen atoms in total. The van der Waals surface area contributed by atoms with Crippen LogP contribution in [0.2, 0.25) is 0 Å². The molecule has 11 heteroatoms. The van der Waals surface area contributed by atoms with Gasteiger partial charge in [-0.3, -0.25) is 20.2 Å². The number of rotatable bonds is 5. The van der Waals surface area contributed by atoms with Crippen LogP contribution in [0.4, 0.5) is 10.8 Å². The molecule has 1 aliphatic carbocycles. The fraction of sp³-hybridized carbons (Fsp3) is 0.333. The van der Waals surface area contributed by atoms with Gasteiger partial charge in [-0.25, -0.2) is 4.98 Å². The Labute approximate surface area is 174 Å². The van der Waals surface area contributed by atoms with E-state index in [0.29, 0.717) is 15.2 Å². The molecule has 0 atom stereocenters. The molecule has 2 heterocycles. The molecule has 3 aromatic rings. The Morgan fingerprint density at radius 3 is 2.90 bits per heavy atom. The van der Waals surface area contributed by atoms with E-state index in [1.165, 1.54) is 35.0 Å². The number of fused-ring (bicyclic) bond motifs is 1. The highest BCUT2D eigenvalue weighted by molar-refractivity contribution is 7.99. The Hall–Kier alpha value is -2.79. The van der Waals surface area contributed by atoms with Gasteiger partial charge >= 0.3 is 0 Å². The summed E-state index contributed by atoms with van der Waals surface area (Å²) in [5.74, 6) is -0.410. The number of nitrogens with one attached hydrogen (secondary N) is 1. The van der Waals surface area contributed by atoms with Crippen molar-refractivity contribution in [2.45, 2.75) is 42.2 Å². The van der Waals surface area contributed by atoms with Gasteiger partial charge in [0.2, 0.25) is 0 Å². The Bertz CT molecular complexity index is 1050. The molecule has 0 aliphatic heterocycles. The van der Waals surface area contributed by atoms with Gasteiger partial charge in [0.25, 0.3) is 11.6 Å². The number of carbonyl (C=O) groups is 1. The van der Waals surface area contributed by atoms with Crippen LogP contribution in [-0.4, -0.2) is 30.6 Å². The summed E-state index contributed by atoms with van der Waals surface area (Å²) in [6.07, 6.45) is 6.89. The Kier molecular flexibility index (Phi) is 5.58. The number of carbonyl (C=O) groups excluding carboxylic acids is 1. The molecule has 29 heavy (non-hydrogen) atoms. The first-order valence-electron chi connectivity index (χ1n) is 9.11. The third-order valence-electron chi connectivity index (χ3n) is 4.61. The summed E-state index contributed by atoms with van der Waals surface area (Å²) >= 11 is 2.62. The Morgan fingerprint density at radius 2 is 2.14 bits per heavy atom. The summed E-state index contributed by atoms with van der Waals surface area (Å²) in [6.45, 7) is 0. The second-order valence-electron chi connectivity index (χ2n) is 6.67. The van der Waals surface area contributed by atoms with Gasteiger partial charge in [0.15, 0.2) is 10.3 Å². The summed E-state index contributed by atoms with van der Waals surface area (Å²) in [7, 11) is 1.76. The van der Waals surface area contributed by atoms with Gasteiger partial charge in [-0.05, 0) is 49.6 Å². The number of nitro benzene ring substituents is 1. The van der Waals surface area contributed by atoms with Crippen LogP contribution in [0, 0.1) is 10.1 Å². The third-order valence-corrected chi connectivity index (χ3v) is 6.80. The van der Waals surface area contributed by atoms with Gasteiger partial charge in [0.1, 0.15) is 6.33 Å². The Balaban J connectivity index is 1.55. The predicted molar refractivity (Wildman–Crippen MR) is 110 cm³/mol. The van der Waals surface area contributed by atoms with Gasteiger partial charge < -0.3 is 4.57 Å². The molecule has 0 saturated heterocycles. The second kappa shape index (κ2) is 8.29. The van der Waals surface area contributed by atoms with E-state index in [0.717, 1.165) is 43.1 Å². The number of aryl methyl sites for hydroxylation is 3. The van der Waals surface area contributed by atoms with E-state index in [2.05, 4.69) is 20.5 Å². The molecule has 1 aromatic carbocycles. The summed E-state index contributed by atoms with van der Waals surface area (Å²) in [6, 6.07) is 4.41. The monoisotopic (exact) mass is 430 g/mol. The van der Waals surface area contributed by atoms with E-state index < -0.39 is 10.8 Å². The van der Waals surface area contributed by atoms with E-state index in [-0.39, 0.29) is 11.3 Å². The number of anilines is 1. The standard InChI is InChI=1S/C18H18N6O3S2/c1-23-10-19-22-18(23)29-15-8-7-11(9-13(15)24(26)27)16(25)21-17-20-12-5-3-2-4-6-14(12)28-17/h7-10H,2-6H2,1H3,(H,20,21,25). The third kappa shape index (κ3) is 4.30. The van der Waals surface area contributed by atoms with Crippen LogP contribution in [0.3, 0.4) is 0 Å². The lowest BCUT2D eigenvalue weighted by atomic mass is 10.2. The molecule has 1 aliphatic rings. The first kappa shape index (κ1) is 19.5. The van der Waals surface area contributed by atoms with Crippen molar-refractivity contribution in [3.63, 3.8) is 0 Å². The van der Waals surface area contributed by atoms with E-state index in [1.807, 2.05) is 0 Å². The van der Waals surface area contributed by atoms with Gasteiger partial charge in [-0.1, -0.05) is 6.42 Å². The topological polar surface area (TPSA) is 116 Å². The highest BCUT2D eigenvalue weighted by Gasteiger charge is 2.21. The van der Waals surface area contributed by atoms with E-state index in [1.54, 1.807) is 23.7 Å². The average molecular weight is 431 g/mol. The van der Waals surface area contributed by atoms with E-state index in [4.69, 9.17) is 0 Å². The SMILES string of the molecule is Cn1cnnc1Sc1ccc(C(=O)Nc2nc3c(s2)CCCCC3)cc1[N+](=O)[O-]. The molecule has 0 unspecified atom stereocenters. The number of thiazole rings is 1. The van der Waals surface area contributed by atoms with E-state index >= 15 is 0 Å². The highest BCUT2D eigenvalue weighted by atomic mass is 32.2. The molecule has 150 valence electrons. The van der Waals surface area contributed by atoms with Crippen molar-refractivity contribution in [3.05, 3.63) is 50.8 Å². The summed E-state index contributed by atoms with van der Waals surface area (Å²) in [4.78, 5) is 29.8. The molecule has 0 radical (unpaired) electrons. The molecule has 0 spiro atoms. The fourth-order valence-corrected chi connectivity index (χ4v) is 5.00. The maximum atomic E-state index is 12.7. The van der Waals surface area contributed by atoms with Crippen molar-refractivity contribution in [1.82, 2.24) is 19.7 Å². The Morgan fingerprint density at radius 1 is 1.31 bits per heavy atom. The molecular weight excluding hydrogens is 412 g/mol. The number of aromatic nitrogens is 4. The van der Waals surface area contributed by atoms with Crippen molar-refractivity contribution >= 4 is 39.8 Å². The summed E-state index contributed by atoms with van der Waals surface area (Å²) in [5, 5.41) is 23.1. The number of benzene rings is 1. The lowest BCUT2D eigenvalue weighted by molar-refractivity contribution is -0.387. The first-order valence-corrected chi connectivity index (χ1v) is 10.7. The lowest BCUT2D eigenvalue weighted by Crippen LogP contribution is -2.12. The summed E-state index contributed by atoms with van der Waals surface area (Å²) < 4.78 is 1.67. The van der Waals surface area contributed by atoms with Gasteiger partial charge in [0, 0.05) is 23.6 Å². The molecule has 0 saturated carbocycles. The quantitative estimate of drug-likeness (QED) is 0.371. The largest absolute Gasteiger partial charge is 0.311 e. The first-order chi connectivity index (χ1) is 14.0. The zero-order chi connectivity index (χ0) is 20.4. The normalized spacial score (nSPS) is 13.6. The zero-order valence-electron chi connectivity index (χ0n) is 15.6. The van der Waals surface area contributed by atoms with E-state index in [9.17, 15) is 14.9 Å². The molecule has 1 N–H and O–H groups in total. The van der Waals surface area contributed by atoms with Crippen LogP contribution >= 0.6 is 23.1 Å². The number of hydrogen-bond donors (Lipinski definition) is 1. The smallest absolute Gasteiger partial charge is 0.284 e. The molecular formula is C18H18N6O3S2. The maximum Gasteiger partial charge on any atom is 0.284 e. The van der Waals surface area contributed by atoms with Crippen molar-refractivity contribution in [3.8, 4) is 0 Å². The number of nitro groups is 1. The zero-order valence-corrected chi connectivity index (χ0v) is 17.3. The van der Waals surface area contributed by atoms with Crippen LogP contribution < -0.4 is 5.32 Å². The number of nitrogens with zero attached hydrogens (tertiary/aromatic N) is 5. The molecule has 0 bridgehead atoms. The highest BCUT2D eigenvalue weighted by Crippen LogP contribution is 2.34. The summed E-state index contributed by atoms with van der Waals surface area (Å²) in [5.41, 5.74) is 1.12. The predicted octanol–water partition coefficient (Wildman–Crippen LogP) is 3.85. The van der Waals surface area contributed by atoms with Gasteiger partial charge in [-0.2, -0.15) is 0 Å². The fourth-order valence-electron chi connectivity index (χ4n) is 3.10. The lowest BCUT2D eigenvalue weighted by Gasteiger charge is -2.06. The second-order valence-corrected chi connectivity index (χ2v) is 8.76. The van der Waals surface area contributed by atoms with Crippen LogP contribution in [-0.2, 0) is 19.9 Å².